The van der Waals surface area contributed by atoms with Gasteiger partial charge in [0.05, 0.1) is 5.75 Å². The maximum atomic E-state index is 13.0. The maximum absolute atomic E-state index is 13.0. The second-order valence-corrected chi connectivity index (χ2v) is 5.76. The molecule has 0 aromatic carbocycles. The predicted molar refractivity (Wildman–Crippen MR) is 57.3 cm³/mol. The van der Waals surface area contributed by atoms with Gasteiger partial charge >= 0.3 is 5.69 Å². The van der Waals surface area contributed by atoms with Gasteiger partial charge in [-0.25, -0.2) is 13.2 Å². The number of aromatic amines is 1. The van der Waals surface area contributed by atoms with Crippen LogP contribution in [0.5, 0.6) is 5.88 Å². The van der Waals surface area contributed by atoms with Crippen molar-refractivity contribution in [3.63, 3.8) is 0 Å². The van der Waals surface area contributed by atoms with E-state index in [0.717, 1.165) is 0 Å². The van der Waals surface area contributed by atoms with E-state index in [1.165, 1.54) is 6.92 Å². The molecule has 0 radical (unpaired) electrons. The fraction of sp³-hybridized carbons (Fsp3) is 0.500. The van der Waals surface area contributed by atoms with Crippen LogP contribution in [0.15, 0.2) is 9.59 Å². The molecule has 17 heavy (non-hydrogen) atoms. The molecule has 9 heteroatoms. The Balaban J connectivity index is 3.13. The van der Waals surface area contributed by atoms with E-state index >= 15 is 0 Å². The van der Waals surface area contributed by atoms with Gasteiger partial charge in [-0.1, -0.05) is 6.92 Å². The van der Waals surface area contributed by atoms with Crippen molar-refractivity contribution in [2.75, 3.05) is 11.5 Å². The molecule has 0 fully saturated rings. The summed E-state index contributed by atoms with van der Waals surface area (Å²) in [6.45, 7) is 1.000. The van der Waals surface area contributed by atoms with Crippen molar-refractivity contribution < 1.29 is 17.9 Å². The Bertz CT molecular complexity index is 630. The molecule has 0 aliphatic rings. The largest absolute Gasteiger partial charge is 0.492 e. The fourth-order valence-corrected chi connectivity index (χ4v) is 1.87. The van der Waals surface area contributed by atoms with Gasteiger partial charge < -0.3 is 5.11 Å². The molecular formula is C8H11FN2O5S. The molecule has 0 saturated heterocycles. The van der Waals surface area contributed by atoms with Crippen LogP contribution in [0.4, 0.5) is 4.39 Å². The summed E-state index contributed by atoms with van der Waals surface area (Å²) < 4.78 is 35.8. The van der Waals surface area contributed by atoms with Gasteiger partial charge in [0.25, 0.3) is 5.56 Å². The standard InChI is InChI=1S/C8H11FN2O5S/c1-2-17(15,16)4-3-11-7(13)5(9)6(12)10-8(11)14/h13H,2-4H2,1H3,(H,10,12,14). The number of aromatic nitrogens is 2. The Morgan fingerprint density at radius 2 is 2.00 bits per heavy atom. The first-order valence-electron chi connectivity index (χ1n) is 4.70. The molecule has 2 N–H and O–H groups in total. The molecule has 0 amide bonds. The van der Waals surface area contributed by atoms with E-state index in [1.54, 1.807) is 4.98 Å². The molecule has 1 aromatic rings. The van der Waals surface area contributed by atoms with Crippen LogP contribution in [-0.4, -0.2) is 34.6 Å². The van der Waals surface area contributed by atoms with Crippen molar-refractivity contribution in [3.05, 3.63) is 26.7 Å². The number of H-pyrrole nitrogens is 1. The zero-order valence-electron chi connectivity index (χ0n) is 8.93. The highest BCUT2D eigenvalue weighted by molar-refractivity contribution is 7.91. The molecule has 0 aliphatic heterocycles. The SMILES string of the molecule is CCS(=O)(=O)CCn1c(O)c(F)c(=O)[nH]c1=O. The number of hydrogen-bond donors (Lipinski definition) is 2. The summed E-state index contributed by atoms with van der Waals surface area (Å²) in [5, 5.41) is 9.20. The number of sulfone groups is 1. The van der Waals surface area contributed by atoms with E-state index in [4.69, 9.17) is 0 Å². The molecule has 96 valence electrons. The third kappa shape index (κ3) is 2.93. The van der Waals surface area contributed by atoms with Crippen molar-refractivity contribution in [3.8, 4) is 5.88 Å². The molecule has 0 unspecified atom stereocenters. The van der Waals surface area contributed by atoms with Gasteiger partial charge in [0.2, 0.25) is 11.7 Å². The highest BCUT2D eigenvalue weighted by atomic mass is 32.2. The minimum absolute atomic E-state index is 0.131. The van der Waals surface area contributed by atoms with Gasteiger partial charge in [0, 0.05) is 12.3 Å². The van der Waals surface area contributed by atoms with Gasteiger partial charge in [-0.3, -0.25) is 14.3 Å². The van der Waals surface area contributed by atoms with Crippen LogP contribution in [0.1, 0.15) is 6.92 Å². The maximum Gasteiger partial charge on any atom is 0.331 e. The van der Waals surface area contributed by atoms with Gasteiger partial charge in [-0.2, -0.15) is 4.39 Å². The van der Waals surface area contributed by atoms with Crippen LogP contribution >= 0.6 is 0 Å². The lowest BCUT2D eigenvalue weighted by Gasteiger charge is -2.07. The number of rotatable bonds is 4. The number of aromatic hydroxyl groups is 1. The molecule has 0 spiro atoms. The lowest BCUT2D eigenvalue weighted by molar-refractivity contribution is 0.364. The Morgan fingerprint density at radius 1 is 1.41 bits per heavy atom. The third-order valence-electron chi connectivity index (χ3n) is 2.18. The van der Waals surface area contributed by atoms with E-state index in [0.29, 0.717) is 4.57 Å². The second-order valence-electron chi connectivity index (χ2n) is 3.28. The molecule has 0 saturated carbocycles. The van der Waals surface area contributed by atoms with Crippen LogP contribution in [0.3, 0.4) is 0 Å². The molecule has 1 heterocycles. The van der Waals surface area contributed by atoms with Crippen molar-refractivity contribution in [1.82, 2.24) is 9.55 Å². The number of hydrogen-bond acceptors (Lipinski definition) is 5. The number of nitrogens with zero attached hydrogens (tertiary/aromatic N) is 1. The Hall–Kier alpha value is -1.64. The van der Waals surface area contributed by atoms with Gasteiger partial charge in [0.1, 0.15) is 0 Å². The lowest BCUT2D eigenvalue weighted by atomic mass is 10.5. The van der Waals surface area contributed by atoms with Crippen molar-refractivity contribution in [2.45, 2.75) is 13.5 Å². The molecule has 1 aromatic heterocycles. The molecular weight excluding hydrogens is 255 g/mol. The summed E-state index contributed by atoms with van der Waals surface area (Å²) in [5.41, 5.74) is -2.40. The zero-order chi connectivity index (χ0) is 13.2. The first-order chi connectivity index (χ1) is 7.78. The van der Waals surface area contributed by atoms with Crippen LogP contribution in [0.25, 0.3) is 0 Å². The normalized spacial score (nSPS) is 11.6. The molecule has 0 aliphatic carbocycles. The third-order valence-corrected chi connectivity index (χ3v) is 3.87. The quantitative estimate of drug-likeness (QED) is 0.712. The van der Waals surface area contributed by atoms with Crippen molar-refractivity contribution in [1.29, 1.82) is 0 Å². The number of nitrogens with one attached hydrogen (secondary N) is 1. The first kappa shape index (κ1) is 13.4. The van der Waals surface area contributed by atoms with E-state index in [1.807, 2.05) is 0 Å². The Kier molecular flexibility index (Phi) is 3.71. The van der Waals surface area contributed by atoms with E-state index < -0.39 is 45.1 Å². The molecule has 0 bridgehead atoms. The average molecular weight is 266 g/mol. The van der Waals surface area contributed by atoms with Crippen molar-refractivity contribution >= 4 is 9.84 Å². The first-order valence-corrected chi connectivity index (χ1v) is 6.52. The minimum atomic E-state index is -3.36. The predicted octanol–water partition coefficient (Wildman–Crippen LogP) is -1.18. The monoisotopic (exact) mass is 266 g/mol. The minimum Gasteiger partial charge on any atom is -0.492 e. The van der Waals surface area contributed by atoms with Crippen LogP contribution in [-0.2, 0) is 16.4 Å². The van der Waals surface area contributed by atoms with E-state index in [-0.39, 0.29) is 5.75 Å². The topological polar surface area (TPSA) is 109 Å². The highest BCUT2D eigenvalue weighted by Crippen LogP contribution is 2.07. The summed E-state index contributed by atoms with van der Waals surface area (Å²) in [5.74, 6) is -3.24. The second kappa shape index (κ2) is 4.70. The fourth-order valence-electron chi connectivity index (χ4n) is 1.12. The lowest BCUT2D eigenvalue weighted by Crippen LogP contribution is -2.33. The molecule has 1 rings (SSSR count). The summed E-state index contributed by atoms with van der Waals surface area (Å²) in [4.78, 5) is 23.6. The average Bonchev–Trinajstić information content (AvgIpc) is 2.26. The Labute approximate surface area is 95.4 Å². The summed E-state index contributed by atoms with van der Waals surface area (Å²) in [6, 6.07) is 0. The van der Waals surface area contributed by atoms with Gasteiger partial charge in [0.15, 0.2) is 9.84 Å². The Morgan fingerprint density at radius 3 is 2.53 bits per heavy atom. The van der Waals surface area contributed by atoms with Crippen molar-refractivity contribution in [2.24, 2.45) is 0 Å². The number of halogens is 1. The molecule has 7 nitrogen and oxygen atoms in total. The highest BCUT2D eigenvalue weighted by Gasteiger charge is 2.15. The summed E-state index contributed by atoms with van der Waals surface area (Å²) in [6.07, 6.45) is 0. The molecule has 0 atom stereocenters. The smallest absolute Gasteiger partial charge is 0.331 e. The van der Waals surface area contributed by atoms with Crippen LogP contribution < -0.4 is 11.2 Å². The zero-order valence-corrected chi connectivity index (χ0v) is 9.75. The van der Waals surface area contributed by atoms with Gasteiger partial charge in [-0.15, -0.1) is 0 Å². The van der Waals surface area contributed by atoms with Crippen LogP contribution in [0, 0.1) is 5.82 Å². The summed E-state index contributed by atoms with van der Waals surface area (Å²) in [7, 11) is -3.36. The van der Waals surface area contributed by atoms with Gasteiger partial charge in [-0.05, 0) is 0 Å². The van der Waals surface area contributed by atoms with E-state index in [2.05, 4.69) is 0 Å². The van der Waals surface area contributed by atoms with Crippen LogP contribution in [0.2, 0.25) is 0 Å². The summed E-state index contributed by atoms with van der Waals surface area (Å²) >= 11 is 0. The van der Waals surface area contributed by atoms with E-state index in [9.17, 15) is 27.5 Å².